The van der Waals surface area contributed by atoms with Crippen LogP contribution >= 0.6 is 11.3 Å². The van der Waals surface area contributed by atoms with Gasteiger partial charge in [0.1, 0.15) is 22.3 Å². The molecule has 144 valence electrons. The SMILES string of the molecule is Cc1nnc(-c2cccc(NC(=O)[C@@H]3CCCCN3C(=O)c3ccoc3)c2)s1. The molecule has 8 heteroatoms. The van der Waals surface area contributed by atoms with E-state index >= 15 is 0 Å². The summed E-state index contributed by atoms with van der Waals surface area (Å²) in [7, 11) is 0. The number of aryl methyl sites for hydroxylation is 1. The number of benzene rings is 1. The van der Waals surface area contributed by atoms with Gasteiger partial charge in [-0.1, -0.05) is 23.5 Å². The largest absolute Gasteiger partial charge is 0.472 e. The highest BCUT2D eigenvalue weighted by Crippen LogP contribution is 2.26. The average molecular weight is 396 g/mol. The van der Waals surface area contributed by atoms with Gasteiger partial charge in [0.15, 0.2) is 0 Å². The Balaban J connectivity index is 1.51. The van der Waals surface area contributed by atoms with Crippen molar-refractivity contribution >= 4 is 28.8 Å². The number of carbonyl (C=O) groups excluding carboxylic acids is 2. The second kappa shape index (κ2) is 7.93. The van der Waals surface area contributed by atoms with Crippen molar-refractivity contribution in [2.75, 3.05) is 11.9 Å². The number of amides is 2. The van der Waals surface area contributed by atoms with Crippen LogP contribution in [0.25, 0.3) is 10.6 Å². The zero-order chi connectivity index (χ0) is 19.5. The van der Waals surface area contributed by atoms with Crippen LogP contribution < -0.4 is 5.32 Å². The molecule has 4 rings (SSSR count). The standard InChI is InChI=1S/C20H20N4O3S/c1-13-22-23-19(28-13)14-5-4-6-16(11-14)21-18(25)17-7-2-3-9-24(17)20(26)15-8-10-27-12-15/h4-6,8,10-12,17H,2-3,7,9H2,1H3,(H,21,25)/t17-/m0/s1. The van der Waals surface area contributed by atoms with E-state index in [4.69, 9.17) is 4.42 Å². The number of aromatic nitrogens is 2. The van der Waals surface area contributed by atoms with Gasteiger partial charge >= 0.3 is 0 Å². The van der Waals surface area contributed by atoms with Crippen LogP contribution in [0.1, 0.15) is 34.6 Å². The third-order valence-corrected chi connectivity index (χ3v) is 5.63. The number of hydrogen-bond acceptors (Lipinski definition) is 6. The van der Waals surface area contributed by atoms with Crippen LogP contribution in [-0.4, -0.2) is 39.5 Å². The maximum absolute atomic E-state index is 13.0. The molecular formula is C20H20N4O3S. The van der Waals surface area contributed by atoms with Gasteiger partial charge in [0.05, 0.1) is 11.8 Å². The molecule has 0 unspecified atom stereocenters. The summed E-state index contributed by atoms with van der Waals surface area (Å²) in [5, 5.41) is 12.9. The maximum Gasteiger partial charge on any atom is 0.257 e. The number of rotatable bonds is 4. The van der Waals surface area contributed by atoms with Crippen molar-refractivity contribution in [2.24, 2.45) is 0 Å². The van der Waals surface area contributed by atoms with E-state index in [0.717, 1.165) is 28.4 Å². The first-order valence-electron chi connectivity index (χ1n) is 9.16. The first kappa shape index (κ1) is 18.4. The topological polar surface area (TPSA) is 88.3 Å². The molecule has 1 atom stereocenters. The zero-order valence-electron chi connectivity index (χ0n) is 15.4. The van der Waals surface area contributed by atoms with Crippen molar-refractivity contribution in [3.63, 3.8) is 0 Å². The number of hydrogen-bond donors (Lipinski definition) is 1. The Labute approximate surface area is 166 Å². The molecule has 2 aromatic heterocycles. The van der Waals surface area contributed by atoms with Crippen molar-refractivity contribution in [2.45, 2.75) is 32.2 Å². The highest BCUT2D eigenvalue weighted by atomic mass is 32.1. The fourth-order valence-corrected chi connectivity index (χ4v) is 4.06. The fraction of sp³-hybridized carbons (Fsp3) is 0.300. The molecule has 1 fully saturated rings. The molecule has 1 saturated heterocycles. The zero-order valence-corrected chi connectivity index (χ0v) is 16.2. The summed E-state index contributed by atoms with van der Waals surface area (Å²) in [4.78, 5) is 27.3. The second-order valence-corrected chi connectivity index (χ2v) is 7.90. The van der Waals surface area contributed by atoms with E-state index in [0.29, 0.717) is 24.2 Å². The molecule has 0 bridgehead atoms. The molecule has 3 heterocycles. The predicted octanol–water partition coefficient (Wildman–Crippen LogP) is 3.74. The Kier molecular flexibility index (Phi) is 5.21. The molecule has 2 amide bonds. The number of nitrogens with zero attached hydrogens (tertiary/aromatic N) is 3. The van der Waals surface area contributed by atoms with Gasteiger partial charge in [-0.25, -0.2) is 0 Å². The summed E-state index contributed by atoms with van der Waals surface area (Å²) in [5.41, 5.74) is 2.04. The molecule has 1 N–H and O–H groups in total. The molecule has 1 aliphatic rings. The molecule has 28 heavy (non-hydrogen) atoms. The van der Waals surface area contributed by atoms with E-state index in [2.05, 4.69) is 15.5 Å². The summed E-state index contributed by atoms with van der Waals surface area (Å²) < 4.78 is 5.02. The van der Waals surface area contributed by atoms with E-state index < -0.39 is 6.04 Å². The lowest BCUT2D eigenvalue weighted by molar-refractivity contribution is -0.121. The van der Waals surface area contributed by atoms with E-state index in [1.165, 1.54) is 23.9 Å². The van der Waals surface area contributed by atoms with Crippen molar-refractivity contribution in [3.05, 3.63) is 53.4 Å². The Bertz CT molecular complexity index is 983. The molecule has 1 aliphatic heterocycles. The normalized spacial score (nSPS) is 16.8. The highest BCUT2D eigenvalue weighted by Gasteiger charge is 2.33. The van der Waals surface area contributed by atoms with Crippen LogP contribution in [0.5, 0.6) is 0 Å². The summed E-state index contributed by atoms with van der Waals surface area (Å²) in [6.07, 6.45) is 5.33. The monoisotopic (exact) mass is 396 g/mol. The summed E-state index contributed by atoms with van der Waals surface area (Å²) in [6.45, 7) is 2.47. The van der Waals surface area contributed by atoms with Crippen LogP contribution in [0.3, 0.4) is 0 Å². The molecule has 0 aliphatic carbocycles. The van der Waals surface area contributed by atoms with Crippen LogP contribution in [0, 0.1) is 6.92 Å². The number of carbonyl (C=O) groups is 2. The predicted molar refractivity (Wildman–Crippen MR) is 106 cm³/mol. The van der Waals surface area contributed by atoms with Gasteiger partial charge in [-0.2, -0.15) is 0 Å². The lowest BCUT2D eigenvalue weighted by Gasteiger charge is -2.34. The molecule has 0 radical (unpaired) electrons. The van der Waals surface area contributed by atoms with E-state index in [9.17, 15) is 9.59 Å². The average Bonchev–Trinajstić information content (AvgIpc) is 3.39. The van der Waals surface area contributed by atoms with E-state index in [-0.39, 0.29) is 11.8 Å². The Morgan fingerprint density at radius 2 is 2.14 bits per heavy atom. The van der Waals surface area contributed by atoms with Crippen LogP contribution in [0.15, 0.2) is 47.3 Å². The van der Waals surface area contributed by atoms with Gasteiger partial charge in [0.2, 0.25) is 5.91 Å². The van der Waals surface area contributed by atoms with Crippen molar-refractivity contribution in [1.82, 2.24) is 15.1 Å². The Hall–Kier alpha value is -3.00. The minimum absolute atomic E-state index is 0.174. The third kappa shape index (κ3) is 3.82. The van der Waals surface area contributed by atoms with Gasteiger partial charge in [-0.15, -0.1) is 10.2 Å². The lowest BCUT2D eigenvalue weighted by Crippen LogP contribution is -2.49. The Morgan fingerprint density at radius 1 is 1.25 bits per heavy atom. The fourth-order valence-electron chi connectivity index (χ4n) is 3.37. The summed E-state index contributed by atoms with van der Waals surface area (Å²) >= 11 is 1.50. The van der Waals surface area contributed by atoms with E-state index in [1.807, 2.05) is 31.2 Å². The van der Waals surface area contributed by atoms with Gasteiger partial charge < -0.3 is 14.6 Å². The number of piperidine rings is 1. The summed E-state index contributed by atoms with van der Waals surface area (Å²) in [6, 6.07) is 8.65. The number of anilines is 1. The first-order chi connectivity index (χ1) is 13.6. The van der Waals surface area contributed by atoms with Crippen LogP contribution in [0.2, 0.25) is 0 Å². The highest BCUT2D eigenvalue weighted by molar-refractivity contribution is 7.14. The third-order valence-electron chi connectivity index (χ3n) is 4.74. The molecular weight excluding hydrogens is 376 g/mol. The van der Waals surface area contributed by atoms with Crippen LogP contribution in [0.4, 0.5) is 5.69 Å². The minimum Gasteiger partial charge on any atom is -0.472 e. The Morgan fingerprint density at radius 3 is 2.89 bits per heavy atom. The number of likely N-dealkylation sites (tertiary alicyclic amines) is 1. The quantitative estimate of drug-likeness (QED) is 0.726. The number of nitrogens with one attached hydrogen (secondary N) is 1. The maximum atomic E-state index is 13.0. The summed E-state index contributed by atoms with van der Waals surface area (Å²) in [5.74, 6) is -0.353. The van der Waals surface area contributed by atoms with Gasteiger partial charge in [-0.05, 0) is 44.4 Å². The van der Waals surface area contributed by atoms with E-state index in [1.54, 1.807) is 11.0 Å². The van der Waals surface area contributed by atoms with Gasteiger partial charge in [0, 0.05) is 17.8 Å². The van der Waals surface area contributed by atoms with Crippen LogP contribution in [-0.2, 0) is 4.79 Å². The first-order valence-corrected chi connectivity index (χ1v) is 9.98. The lowest BCUT2D eigenvalue weighted by atomic mass is 10.00. The molecule has 0 spiro atoms. The molecule has 1 aromatic carbocycles. The second-order valence-electron chi connectivity index (χ2n) is 6.72. The molecule has 3 aromatic rings. The number of furan rings is 1. The van der Waals surface area contributed by atoms with Gasteiger partial charge in [0.25, 0.3) is 5.91 Å². The molecule has 0 saturated carbocycles. The minimum atomic E-state index is -0.497. The van der Waals surface area contributed by atoms with Crippen molar-refractivity contribution in [3.8, 4) is 10.6 Å². The van der Waals surface area contributed by atoms with Gasteiger partial charge in [-0.3, -0.25) is 9.59 Å². The smallest absolute Gasteiger partial charge is 0.257 e. The van der Waals surface area contributed by atoms with Crippen molar-refractivity contribution in [1.29, 1.82) is 0 Å². The van der Waals surface area contributed by atoms with Crippen molar-refractivity contribution < 1.29 is 14.0 Å². The molecule has 7 nitrogen and oxygen atoms in total.